The van der Waals surface area contributed by atoms with Crippen molar-refractivity contribution in [1.29, 1.82) is 0 Å². The summed E-state index contributed by atoms with van der Waals surface area (Å²) in [5.41, 5.74) is 0.754. The summed E-state index contributed by atoms with van der Waals surface area (Å²) >= 11 is 2.58. The van der Waals surface area contributed by atoms with E-state index in [1.54, 1.807) is 19.2 Å². The number of benzene rings is 1. The number of hydrogen-bond acceptors (Lipinski definition) is 6. The summed E-state index contributed by atoms with van der Waals surface area (Å²) < 4.78 is 7.52. The smallest absolute Gasteiger partial charge is 0.276 e. The standard InChI is InChI=1S/C19H21N3O3S2/c1-19(2,3)21-15(23)11-27-18-20-12-9-10-26-16(12)17(24)22(18)13-7-5-6-8-14(13)25-4/h5-10H,11H2,1-4H3,(H,21,23). The number of nitrogens with zero attached hydrogens (tertiary/aromatic N) is 2. The van der Waals surface area contributed by atoms with Crippen LogP contribution in [0, 0.1) is 0 Å². The number of rotatable bonds is 5. The Balaban J connectivity index is 2.06. The zero-order valence-electron chi connectivity index (χ0n) is 15.6. The molecule has 0 aliphatic carbocycles. The zero-order chi connectivity index (χ0) is 19.6. The number of amides is 1. The number of hydrogen-bond donors (Lipinski definition) is 1. The Hall–Kier alpha value is -2.32. The van der Waals surface area contributed by atoms with Gasteiger partial charge in [0.25, 0.3) is 5.56 Å². The maximum Gasteiger partial charge on any atom is 0.276 e. The summed E-state index contributed by atoms with van der Waals surface area (Å²) in [6.45, 7) is 5.78. The molecule has 0 saturated carbocycles. The Kier molecular flexibility index (Phi) is 5.57. The third-order valence-electron chi connectivity index (χ3n) is 3.62. The first-order valence-electron chi connectivity index (χ1n) is 8.37. The predicted molar refractivity (Wildman–Crippen MR) is 110 cm³/mol. The Bertz CT molecular complexity index is 1030. The van der Waals surface area contributed by atoms with Crippen molar-refractivity contribution in [2.45, 2.75) is 31.5 Å². The number of carbonyl (C=O) groups excluding carboxylic acids is 1. The number of aromatic nitrogens is 2. The predicted octanol–water partition coefficient (Wildman–Crippen LogP) is 3.46. The number of para-hydroxylation sites is 2. The minimum absolute atomic E-state index is 0.112. The van der Waals surface area contributed by atoms with Gasteiger partial charge in [0.1, 0.15) is 10.4 Å². The molecule has 0 unspecified atom stereocenters. The van der Waals surface area contributed by atoms with Gasteiger partial charge in [-0.3, -0.25) is 14.2 Å². The van der Waals surface area contributed by atoms with Crippen LogP contribution in [-0.2, 0) is 4.79 Å². The third-order valence-corrected chi connectivity index (χ3v) is 5.45. The molecule has 1 N–H and O–H groups in total. The molecule has 27 heavy (non-hydrogen) atoms. The molecule has 0 aliphatic heterocycles. The monoisotopic (exact) mass is 403 g/mol. The molecule has 0 aliphatic rings. The highest BCUT2D eigenvalue weighted by Crippen LogP contribution is 2.28. The van der Waals surface area contributed by atoms with Gasteiger partial charge in [-0.2, -0.15) is 0 Å². The van der Waals surface area contributed by atoms with Crippen LogP contribution in [0.25, 0.3) is 15.9 Å². The quantitative estimate of drug-likeness (QED) is 0.522. The second-order valence-electron chi connectivity index (χ2n) is 6.93. The average Bonchev–Trinajstić information content (AvgIpc) is 3.07. The molecule has 0 radical (unpaired) electrons. The van der Waals surface area contributed by atoms with Crippen LogP contribution in [0.2, 0.25) is 0 Å². The topological polar surface area (TPSA) is 73.2 Å². The van der Waals surface area contributed by atoms with E-state index in [2.05, 4.69) is 10.3 Å². The van der Waals surface area contributed by atoms with Crippen LogP contribution >= 0.6 is 23.1 Å². The van der Waals surface area contributed by atoms with Crippen molar-refractivity contribution in [1.82, 2.24) is 14.9 Å². The Morgan fingerprint density at radius 3 is 2.74 bits per heavy atom. The van der Waals surface area contributed by atoms with Crippen molar-refractivity contribution in [3.8, 4) is 11.4 Å². The third kappa shape index (κ3) is 4.33. The number of thiophene rings is 1. The Labute approximate surface area is 165 Å². The maximum atomic E-state index is 13.1. The SMILES string of the molecule is COc1ccccc1-n1c(SCC(=O)NC(C)(C)C)nc2ccsc2c1=O. The van der Waals surface area contributed by atoms with E-state index in [0.29, 0.717) is 26.8 Å². The molecule has 2 aromatic heterocycles. The molecule has 3 aromatic rings. The van der Waals surface area contributed by atoms with Crippen LogP contribution in [0.3, 0.4) is 0 Å². The van der Waals surface area contributed by atoms with Crippen LogP contribution in [0.4, 0.5) is 0 Å². The number of carbonyl (C=O) groups is 1. The van der Waals surface area contributed by atoms with E-state index < -0.39 is 0 Å². The Morgan fingerprint density at radius 1 is 1.30 bits per heavy atom. The Morgan fingerprint density at radius 2 is 2.04 bits per heavy atom. The first-order chi connectivity index (χ1) is 12.8. The first-order valence-corrected chi connectivity index (χ1v) is 10.2. The normalized spacial score (nSPS) is 11.6. The molecule has 3 rings (SSSR count). The van der Waals surface area contributed by atoms with Gasteiger partial charge in [0.15, 0.2) is 5.16 Å². The van der Waals surface area contributed by atoms with E-state index in [-0.39, 0.29) is 22.8 Å². The molecule has 0 saturated heterocycles. The molecule has 2 heterocycles. The molecule has 8 heteroatoms. The lowest BCUT2D eigenvalue weighted by atomic mass is 10.1. The molecule has 0 fully saturated rings. The molecule has 0 atom stereocenters. The van der Waals surface area contributed by atoms with Crippen molar-refractivity contribution in [3.05, 3.63) is 46.1 Å². The molecular weight excluding hydrogens is 382 g/mol. The van der Waals surface area contributed by atoms with E-state index in [1.807, 2.05) is 44.4 Å². The minimum Gasteiger partial charge on any atom is -0.495 e. The molecule has 1 aromatic carbocycles. The highest BCUT2D eigenvalue weighted by molar-refractivity contribution is 7.99. The van der Waals surface area contributed by atoms with Crippen molar-refractivity contribution in [2.24, 2.45) is 0 Å². The molecule has 0 bridgehead atoms. The van der Waals surface area contributed by atoms with Gasteiger partial charge in [-0.15, -0.1) is 11.3 Å². The van der Waals surface area contributed by atoms with Crippen LogP contribution in [-0.4, -0.2) is 33.9 Å². The molecule has 6 nitrogen and oxygen atoms in total. The fourth-order valence-electron chi connectivity index (χ4n) is 2.60. The van der Waals surface area contributed by atoms with E-state index in [1.165, 1.54) is 27.7 Å². The van der Waals surface area contributed by atoms with Crippen molar-refractivity contribution in [2.75, 3.05) is 12.9 Å². The summed E-state index contributed by atoms with van der Waals surface area (Å²) in [6.07, 6.45) is 0. The largest absolute Gasteiger partial charge is 0.495 e. The fourth-order valence-corrected chi connectivity index (χ4v) is 4.17. The zero-order valence-corrected chi connectivity index (χ0v) is 17.2. The van der Waals surface area contributed by atoms with Crippen LogP contribution in [0.1, 0.15) is 20.8 Å². The van der Waals surface area contributed by atoms with Gasteiger partial charge in [0, 0.05) is 5.54 Å². The summed E-state index contributed by atoms with van der Waals surface area (Å²) in [6, 6.07) is 9.09. The van der Waals surface area contributed by atoms with E-state index in [9.17, 15) is 9.59 Å². The molecule has 0 spiro atoms. The maximum absolute atomic E-state index is 13.1. The highest BCUT2D eigenvalue weighted by atomic mass is 32.2. The van der Waals surface area contributed by atoms with Crippen LogP contribution < -0.4 is 15.6 Å². The van der Waals surface area contributed by atoms with E-state index in [4.69, 9.17) is 4.74 Å². The van der Waals surface area contributed by atoms with Crippen LogP contribution in [0.15, 0.2) is 45.7 Å². The number of methoxy groups -OCH3 is 1. The summed E-state index contributed by atoms with van der Waals surface area (Å²) in [5.74, 6) is 0.617. The van der Waals surface area contributed by atoms with Gasteiger partial charge < -0.3 is 10.1 Å². The number of fused-ring (bicyclic) bond motifs is 1. The average molecular weight is 404 g/mol. The number of thioether (sulfide) groups is 1. The lowest BCUT2D eigenvalue weighted by molar-refractivity contribution is -0.119. The molecule has 1 amide bonds. The van der Waals surface area contributed by atoms with E-state index >= 15 is 0 Å². The van der Waals surface area contributed by atoms with Gasteiger partial charge in [0.2, 0.25) is 5.91 Å². The lowest BCUT2D eigenvalue weighted by Gasteiger charge is -2.20. The van der Waals surface area contributed by atoms with Gasteiger partial charge in [0.05, 0.1) is 24.1 Å². The van der Waals surface area contributed by atoms with E-state index in [0.717, 1.165) is 0 Å². The van der Waals surface area contributed by atoms with Gasteiger partial charge >= 0.3 is 0 Å². The van der Waals surface area contributed by atoms with Gasteiger partial charge in [-0.05, 0) is 44.4 Å². The van der Waals surface area contributed by atoms with Gasteiger partial charge in [-0.1, -0.05) is 23.9 Å². The number of ether oxygens (including phenoxy) is 1. The lowest BCUT2D eigenvalue weighted by Crippen LogP contribution is -2.41. The first kappa shape index (κ1) is 19.4. The van der Waals surface area contributed by atoms with Crippen LogP contribution in [0.5, 0.6) is 5.75 Å². The second-order valence-corrected chi connectivity index (χ2v) is 8.79. The second kappa shape index (κ2) is 7.74. The van der Waals surface area contributed by atoms with Gasteiger partial charge in [-0.25, -0.2) is 4.98 Å². The highest BCUT2D eigenvalue weighted by Gasteiger charge is 2.19. The summed E-state index contributed by atoms with van der Waals surface area (Å²) in [7, 11) is 1.56. The molecule has 142 valence electrons. The molecular formula is C19H21N3O3S2. The van der Waals surface area contributed by atoms with Crippen molar-refractivity contribution < 1.29 is 9.53 Å². The van der Waals surface area contributed by atoms with Crippen molar-refractivity contribution in [3.63, 3.8) is 0 Å². The summed E-state index contributed by atoms with van der Waals surface area (Å²) in [4.78, 5) is 30.0. The minimum atomic E-state index is -0.315. The summed E-state index contributed by atoms with van der Waals surface area (Å²) in [5, 5.41) is 5.22. The number of nitrogens with one attached hydrogen (secondary N) is 1. The van der Waals surface area contributed by atoms with Crippen molar-refractivity contribution >= 4 is 39.2 Å². The fraction of sp³-hybridized carbons (Fsp3) is 0.316.